The van der Waals surface area contributed by atoms with Crippen molar-refractivity contribution in [1.29, 1.82) is 0 Å². The van der Waals surface area contributed by atoms with Crippen molar-refractivity contribution in [2.75, 3.05) is 31.1 Å². The van der Waals surface area contributed by atoms with E-state index in [0.717, 1.165) is 35.1 Å². The lowest BCUT2D eigenvalue weighted by atomic mass is 9.91. The van der Waals surface area contributed by atoms with Crippen LogP contribution in [0, 0.1) is 5.41 Å². The number of hydroxylamine groups is 2. The summed E-state index contributed by atoms with van der Waals surface area (Å²) in [4.78, 5) is 40.3. The number of aromatic nitrogens is 2. The maximum Gasteiger partial charge on any atom is 0.330 e. The number of carbonyl (C=O) groups excluding carboxylic acids is 2. The summed E-state index contributed by atoms with van der Waals surface area (Å²) in [7, 11) is 0. The van der Waals surface area contributed by atoms with Gasteiger partial charge >= 0.3 is 12.0 Å². The predicted molar refractivity (Wildman–Crippen MR) is 109 cm³/mol. The van der Waals surface area contributed by atoms with E-state index in [2.05, 4.69) is 15.3 Å². The molecule has 0 unspecified atom stereocenters. The molecule has 0 aliphatic carbocycles. The molecule has 2 amide bonds. The number of urea groups is 1. The third kappa shape index (κ3) is 4.03. The average Bonchev–Trinajstić information content (AvgIpc) is 3.13. The van der Waals surface area contributed by atoms with Crippen molar-refractivity contribution in [2.45, 2.75) is 39.5 Å². The van der Waals surface area contributed by atoms with Crippen LogP contribution in [-0.4, -0.2) is 53.2 Å². The number of rotatable bonds is 3. The van der Waals surface area contributed by atoms with Gasteiger partial charge in [0.1, 0.15) is 6.33 Å². The van der Waals surface area contributed by atoms with E-state index in [1.807, 2.05) is 39.0 Å². The molecular formula is C21H27N5O3. The monoisotopic (exact) mass is 397 g/mol. The number of nitrogens with zero attached hydrogens (tertiary/aromatic N) is 4. The highest BCUT2D eigenvalue weighted by Gasteiger charge is 2.30. The van der Waals surface area contributed by atoms with Gasteiger partial charge in [0, 0.05) is 43.2 Å². The topological polar surface area (TPSA) is 87.7 Å². The number of fused-ring (bicyclic) bond motifs is 1. The highest BCUT2D eigenvalue weighted by molar-refractivity contribution is 5.96. The number of benzene rings is 1. The molecule has 2 aliphatic rings. The van der Waals surface area contributed by atoms with Crippen LogP contribution < -0.4 is 10.2 Å². The molecule has 1 aromatic heterocycles. The Morgan fingerprint density at radius 3 is 2.59 bits per heavy atom. The van der Waals surface area contributed by atoms with Gasteiger partial charge in [-0.3, -0.25) is 4.90 Å². The second kappa shape index (κ2) is 7.59. The van der Waals surface area contributed by atoms with E-state index in [4.69, 9.17) is 4.84 Å². The molecule has 0 spiro atoms. The minimum atomic E-state index is -0.510. The Labute approximate surface area is 170 Å². The van der Waals surface area contributed by atoms with Crippen molar-refractivity contribution in [1.82, 2.24) is 20.3 Å². The van der Waals surface area contributed by atoms with Crippen LogP contribution in [0.1, 0.15) is 45.2 Å². The van der Waals surface area contributed by atoms with Gasteiger partial charge < -0.3 is 10.2 Å². The standard InChI is InChI=1S/C21H27N5O3/c1-21(2,3)19(27)29-25-9-6-14(7-10-25)18-16-5-4-15(12-17(16)23-13-24-18)26-11-8-22-20(26)28/h4-5,12-14H,6-11H2,1-3H3,(H,22,28). The van der Waals surface area contributed by atoms with Gasteiger partial charge in [0.25, 0.3) is 0 Å². The molecule has 3 heterocycles. The molecule has 8 nitrogen and oxygen atoms in total. The van der Waals surface area contributed by atoms with Gasteiger partial charge in [-0.1, -0.05) is 0 Å². The molecule has 0 radical (unpaired) electrons. The van der Waals surface area contributed by atoms with E-state index >= 15 is 0 Å². The number of nitrogens with one attached hydrogen (secondary N) is 1. The molecule has 8 heteroatoms. The molecule has 0 bridgehead atoms. The third-order valence-electron chi connectivity index (χ3n) is 5.48. The molecule has 4 rings (SSSR count). The largest absolute Gasteiger partial charge is 0.367 e. The third-order valence-corrected chi connectivity index (χ3v) is 5.48. The average molecular weight is 397 g/mol. The van der Waals surface area contributed by atoms with Crippen LogP contribution in [0.5, 0.6) is 0 Å². The number of amides is 2. The van der Waals surface area contributed by atoms with Gasteiger partial charge in [0.15, 0.2) is 0 Å². The lowest BCUT2D eigenvalue weighted by Crippen LogP contribution is -2.38. The van der Waals surface area contributed by atoms with Crippen LogP contribution in [0.15, 0.2) is 24.5 Å². The summed E-state index contributed by atoms with van der Waals surface area (Å²) in [5, 5.41) is 5.60. The molecule has 2 aliphatic heterocycles. The molecule has 0 atom stereocenters. The second-order valence-electron chi connectivity index (χ2n) is 8.68. The number of hydrogen-bond acceptors (Lipinski definition) is 6. The normalized spacial score (nSPS) is 18.9. The Bertz CT molecular complexity index is 932. The fourth-order valence-electron chi connectivity index (χ4n) is 3.75. The summed E-state index contributed by atoms with van der Waals surface area (Å²) in [5.41, 5.74) is 2.20. The number of hydrogen-bond donors (Lipinski definition) is 1. The minimum absolute atomic E-state index is 0.0733. The SMILES string of the molecule is CC(C)(C)C(=O)ON1CCC(c2ncnc3cc(N4CCNC4=O)ccc23)CC1. The molecular weight excluding hydrogens is 370 g/mol. The first kappa shape index (κ1) is 19.6. The van der Waals surface area contributed by atoms with Gasteiger partial charge in [-0.05, 0) is 51.8 Å². The van der Waals surface area contributed by atoms with Crippen molar-refractivity contribution < 1.29 is 14.4 Å². The molecule has 29 heavy (non-hydrogen) atoms. The lowest BCUT2D eigenvalue weighted by Gasteiger charge is -2.32. The first-order chi connectivity index (χ1) is 13.8. The summed E-state index contributed by atoms with van der Waals surface area (Å²) in [6.07, 6.45) is 3.32. The fourth-order valence-corrected chi connectivity index (χ4v) is 3.75. The fraction of sp³-hybridized carbons (Fsp3) is 0.524. The zero-order chi connectivity index (χ0) is 20.6. The predicted octanol–water partition coefficient (Wildman–Crippen LogP) is 2.84. The second-order valence-corrected chi connectivity index (χ2v) is 8.68. The first-order valence-corrected chi connectivity index (χ1v) is 10.1. The molecule has 0 saturated carbocycles. The van der Waals surface area contributed by atoms with Crippen LogP contribution in [0.4, 0.5) is 10.5 Å². The molecule has 2 fully saturated rings. The van der Waals surface area contributed by atoms with Crippen LogP contribution in [0.3, 0.4) is 0 Å². The van der Waals surface area contributed by atoms with Gasteiger partial charge in [0.05, 0.1) is 16.6 Å². The summed E-state index contributed by atoms with van der Waals surface area (Å²) >= 11 is 0. The Morgan fingerprint density at radius 2 is 1.93 bits per heavy atom. The smallest absolute Gasteiger partial charge is 0.330 e. The molecule has 1 aromatic carbocycles. The Morgan fingerprint density at radius 1 is 1.17 bits per heavy atom. The zero-order valence-electron chi connectivity index (χ0n) is 17.1. The summed E-state index contributed by atoms with van der Waals surface area (Å²) in [5.74, 6) is 0.0768. The molecule has 1 N–H and O–H groups in total. The first-order valence-electron chi connectivity index (χ1n) is 10.1. The van der Waals surface area contributed by atoms with E-state index in [1.165, 1.54) is 0 Å². The molecule has 2 saturated heterocycles. The Balaban J connectivity index is 1.49. The van der Waals surface area contributed by atoms with Crippen LogP contribution in [0.2, 0.25) is 0 Å². The van der Waals surface area contributed by atoms with Crippen LogP contribution in [-0.2, 0) is 9.63 Å². The van der Waals surface area contributed by atoms with E-state index < -0.39 is 5.41 Å². The van der Waals surface area contributed by atoms with Crippen molar-refractivity contribution in [3.05, 3.63) is 30.2 Å². The van der Waals surface area contributed by atoms with Gasteiger partial charge in [-0.25, -0.2) is 19.6 Å². The summed E-state index contributed by atoms with van der Waals surface area (Å²) < 4.78 is 0. The summed E-state index contributed by atoms with van der Waals surface area (Å²) in [6, 6.07) is 5.85. The number of anilines is 1. The van der Waals surface area contributed by atoms with Crippen molar-refractivity contribution in [2.24, 2.45) is 5.41 Å². The van der Waals surface area contributed by atoms with Crippen molar-refractivity contribution in [3.63, 3.8) is 0 Å². The van der Waals surface area contributed by atoms with Gasteiger partial charge in [0.2, 0.25) is 0 Å². The van der Waals surface area contributed by atoms with Gasteiger partial charge in [-0.15, -0.1) is 5.06 Å². The van der Waals surface area contributed by atoms with Gasteiger partial charge in [-0.2, -0.15) is 0 Å². The van der Waals surface area contributed by atoms with Crippen molar-refractivity contribution in [3.8, 4) is 0 Å². The molecule has 154 valence electrons. The van der Waals surface area contributed by atoms with E-state index in [-0.39, 0.29) is 17.9 Å². The minimum Gasteiger partial charge on any atom is -0.367 e. The number of carbonyl (C=O) groups is 2. The number of piperidine rings is 1. The lowest BCUT2D eigenvalue weighted by molar-refractivity contribution is -0.204. The quantitative estimate of drug-likeness (QED) is 0.857. The van der Waals surface area contributed by atoms with Crippen LogP contribution >= 0.6 is 0 Å². The van der Waals surface area contributed by atoms with Crippen LogP contribution in [0.25, 0.3) is 10.9 Å². The summed E-state index contributed by atoms with van der Waals surface area (Å²) in [6.45, 7) is 8.26. The molecule has 2 aromatic rings. The highest BCUT2D eigenvalue weighted by Crippen LogP contribution is 2.33. The highest BCUT2D eigenvalue weighted by atomic mass is 16.7. The Hall–Kier alpha value is -2.74. The maximum absolute atomic E-state index is 12.1. The van der Waals surface area contributed by atoms with E-state index in [1.54, 1.807) is 16.3 Å². The maximum atomic E-state index is 12.1. The Kier molecular flexibility index (Phi) is 5.12. The zero-order valence-corrected chi connectivity index (χ0v) is 17.1. The van der Waals surface area contributed by atoms with E-state index in [9.17, 15) is 9.59 Å². The van der Waals surface area contributed by atoms with Crippen molar-refractivity contribution >= 4 is 28.6 Å². The van der Waals surface area contributed by atoms with E-state index in [0.29, 0.717) is 26.2 Å².